The molecule has 1 aromatic heterocycles. The summed E-state index contributed by atoms with van der Waals surface area (Å²) in [6.45, 7) is 0. The van der Waals surface area contributed by atoms with Crippen molar-refractivity contribution in [3.05, 3.63) is 337 Å². The summed E-state index contributed by atoms with van der Waals surface area (Å²) in [5.41, 5.74) is 21.4. The molecule has 2 aliphatic carbocycles. The molecule has 14 rings (SSSR count). The van der Waals surface area contributed by atoms with Crippen LogP contribution in [-0.2, 0) is 5.41 Å². The third-order valence-corrected chi connectivity index (χ3v) is 15.9. The van der Waals surface area contributed by atoms with Crippen molar-refractivity contribution >= 4 is 38.9 Å². The first kappa shape index (κ1) is 44.2. The molecule has 0 fully saturated rings. The van der Waals surface area contributed by atoms with E-state index >= 15 is 0 Å². The van der Waals surface area contributed by atoms with Crippen LogP contribution in [0.3, 0.4) is 0 Å². The van der Waals surface area contributed by atoms with Crippen LogP contribution in [0.4, 0.5) is 17.1 Å². The van der Waals surface area contributed by atoms with E-state index in [1.807, 2.05) is 0 Å². The maximum atomic E-state index is 2.48. The van der Waals surface area contributed by atoms with Crippen molar-refractivity contribution < 1.29 is 0 Å². The Bertz CT molecular complexity index is 4070. The zero-order valence-corrected chi connectivity index (χ0v) is 41.4. The number of hydrogen-bond donors (Lipinski definition) is 0. The quantitative estimate of drug-likeness (QED) is 0.133. The number of rotatable bonds is 10. The molecule has 0 amide bonds. The highest BCUT2D eigenvalue weighted by Gasteiger charge is 2.46. The Kier molecular flexibility index (Phi) is 10.9. The van der Waals surface area contributed by atoms with Gasteiger partial charge < -0.3 is 9.47 Å². The van der Waals surface area contributed by atoms with Crippen LogP contribution in [0.1, 0.15) is 45.2 Å². The zero-order valence-electron chi connectivity index (χ0n) is 41.4. The van der Waals surface area contributed by atoms with Crippen LogP contribution < -0.4 is 4.90 Å². The molecule has 354 valence electrons. The summed E-state index contributed by atoms with van der Waals surface area (Å²) in [5, 5.41) is 2.47. The summed E-state index contributed by atoms with van der Waals surface area (Å²) in [6.07, 6.45) is 9.04. The van der Waals surface area contributed by atoms with Crippen molar-refractivity contribution in [3.63, 3.8) is 0 Å². The van der Waals surface area contributed by atoms with Crippen LogP contribution in [0.2, 0.25) is 0 Å². The van der Waals surface area contributed by atoms with E-state index in [1.54, 1.807) is 0 Å². The van der Waals surface area contributed by atoms with Gasteiger partial charge in [0.05, 0.1) is 16.4 Å². The van der Waals surface area contributed by atoms with Gasteiger partial charge >= 0.3 is 0 Å². The molecule has 2 nitrogen and oxygen atoms in total. The molecule has 12 aromatic rings. The number of anilines is 3. The van der Waals surface area contributed by atoms with E-state index in [0.29, 0.717) is 0 Å². The van der Waals surface area contributed by atoms with E-state index in [-0.39, 0.29) is 11.8 Å². The van der Waals surface area contributed by atoms with Gasteiger partial charge in [-0.15, -0.1) is 0 Å². The first-order valence-electron chi connectivity index (χ1n) is 26.2. The molecule has 0 aliphatic heterocycles. The van der Waals surface area contributed by atoms with Crippen molar-refractivity contribution in [2.45, 2.75) is 17.3 Å². The molecule has 75 heavy (non-hydrogen) atoms. The van der Waals surface area contributed by atoms with Gasteiger partial charge in [0.1, 0.15) is 0 Å². The first-order chi connectivity index (χ1) is 37.2. The van der Waals surface area contributed by atoms with E-state index in [2.05, 4.69) is 313 Å². The normalized spacial score (nSPS) is 15.2. The topological polar surface area (TPSA) is 8.17 Å². The highest BCUT2D eigenvalue weighted by atomic mass is 15.1. The molecule has 0 bridgehead atoms. The van der Waals surface area contributed by atoms with Gasteiger partial charge in [0.2, 0.25) is 0 Å². The van der Waals surface area contributed by atoms with E-state index in [9.17, 15) is 0 Å². The van der Waals surface area contributed by atoms with Gasteiger partial charge in [-0.3, -0.25) is 0 Å². The number of benzene rings is 11. The van der Waals surface area contributed by atoms with E-state index in [1.165, 1.54) is 83.0 Å². The molecular weight excluding hydrogens is 905 g/mol. The summed E-state index contributed by atoms with van der Waals surface area (Å²) in [6, 6.07) is 103. The van der Waals surface area contributed by atoms with Gasteiger partial charge in [-0.2, -0.15) is 0 Å². The molecular formula is C73H52N2. The second kappa shape index (κ2) is 18.5. The lowest BCUT2D eigenvalue weighted by Gasteiger charge is -2.33. The van der Waals surface area contributed by atoms with Gasteiger partial charge in [0, 0.05) is 45.4 Å². The Morgan fingerprint density at radius 3 is 1.53 bits per heavy atom. The van der Waals surface area contributed by atoms with E-state index in [4.69, 9.17) is 0 Å². The van der Waals surface area contributed by atoms with Crippen molar-refractivity contribution in [1.29, 1.82) is 0 Å². The summed E-state index contributed by atoms with van der Waals surface area (Å²) >= 11 is 0. The predicted octanol–water partition coefficient (Wildman–Crippen LogP) is 18.9. The third kappa shape index (κ3) is 7.40. The molecule has 2 heteroatoms. The van der Waals surface area contributed by atoms with E-state index in [0.717, 1.165) is 28.3 Å². The summed E-state index contributed by atoms with van der Waals surface area (Å²) in [4.78, 5) is 2.38. The standard InChI is InChI=1S/C73H52N2/c1-5-22-51(23-6-1)61-32-13-14-33-62(61)52-40-43-58(44-41-52)74(57-29-11-4-12-30-57)59-31-21-24-53(48-59)63-34-15-16-35-64(63)54-42-46-67-66-37-18-20-39-71(66)75(72(67)49-54)60-45-47-70-68(50-60)65-36-17-19-38-69(65)73(70,55-25-7-2-8-26-55)56-27-9-3-10-28-56/h1-50,61-62H. The van der Waals surface area contributed by atoms with Crippen LogP contribution in [0.25, 0.3) is 60.9 Å². The van der Waals surface area contributed by atoms with Crippen molar-refractivity contribution in [2.24, 2.45) is 0 Å². The maximum Gasteiger partial charge on any atom is 0.0713 e. The molecule has 11 aromatic carbocycles. The summed E-state index contributed by atoms with van der Waals surface area (Å²) in [7, 11) is 0. The summed E-state index contributed by atoms with van der Waals surface area (Å²) in [5.74, 6) is 0.537. The number of allylic oxidation sites excluding steroid dienone is 4. The minimum absolute atomic E-state index is 0.253. The third-order valence-electron chi connectivity index (χ3n) is 15.9. The molecule has 1 heterocycles. The maximum absolute atomic E-state index is 2.48. The Labute approximate surface area is 439 Å². The molecule has 0 saturated carbocycles. The van der Waals surface area contributed by atoms with Crippen LogP contribution in [0, 0.1) is 0 Å². The van der Waals surface area contributed by atoms with Crippen LogP contribution in [-0.4, -0.2) is 4.57 Å². The van der Waals surface area contributed by atoms with Gasteiger partial charge in [-0.05, 0) is 127 Å². The predicted molar refractivity (Wildman–Crippen MR) is 314 cm³/mol. The molecule has 2 aliphatic rings. The van der Waals surface area contributed by atoms with Gasteiger partial charge in [0.15, 0.2) is 0 Å². The lowest BCUT2D eigenvalue weighted by Crippen LogP contribution is -2.28. The number of fused-ring (bicyclic) bond motifs is 6. The number of nitrogens with zero attached hydrogens (tertiary/aromatic N) is 2. The minimum Gasteiger partial charge on any atom is -0.310 e. The van der Waals surface area contributed by atoms with Gasteiger partial charge in [-0.1, -0.05) is 243 Å². The number of para-hydroxylation sites is 2. The smallest absolute Gasteiger partial charge is 0.0713 e. The minimum atomic E-state index is -0.456. The molecule has 0 saturated heterocycles. The van der Waals surface area contributed by atoms with Crippen LogP contribution >= 0.6 is 0 Å². The lowest BCUT2D eigenvalue weighted by atomic mass is 9.68. The average molecular weight is 957 g/mol. The molecule has 0 spiro atoms. The largest absolute Gasteiger partial charge is 0.310 e. The highest BCUT2D eigenvalue weighted by molar-refractivity contribution is 6.10. The highest BCUT2D eigenvalue weighted by Crippen LogP contribution is 2.57. The van der Waals surface area contributed by atoms with Crippen molar-refractivity contribution in [2.75, 3.05) is 4.90 Å². The first-order valence-corrected chi connectivity index (χ1v) is 26.2. The van der Waals surface area contributed by atoms with Crippen LogP contribution in [0.15, 0.2) is 303 Å². The Morgan fingerprint density at radius 1 is 0.320 bits per heavy atom. The molecule has 0 N–H and O–H groups in total. The Hall–Kier alpha value is -9.50. The summed E-state index contributed by atoms with van der Waals surface area (Å²) < 4.78 is 2.48. The Balaban J connectivity index is 0.869. The molecule has 0 radical (unpaired) electrons. The van der Waals surface area contributed by atoms with Crippen LogP contribution in [0.5, 0.6) is 0 Å². The fourth-order valence-corrected chi connectivity index (χ4v) is 12.6. The lowest BCUT2D eigenvalue weighted by molar-refractivity contribution is 0.730. The second-order valence-corrected chi connectivity index (χ2v) is 19.9. The fourth-order valence-electron chi connectivity index (χ4n) is 12.6. The number of hydrogen-bond acceptors (Lipinski definition) is 1. The van der Waals surface area contributed by atoms with E-state index < -0.39 is 5.41 Å². The second-order valence-electron chi connectivity index (χ2n) is 19.9. The monoisotopic (exact) mass is 956 g/mol. The molecule has 2 atom stereocenters. The van der Waals surface area contributed by atoms with Crippen molar-refractivity contribution in [3.8, 4) is 39.1 Å². The van der Waals surface area contributed by atoms with Crippen molar-refractivity contribution in [1.82, 2.24) is 4.57 Å². The number of aromatic nitrogens is 1. The average Bonchev–Trinajstić information content (AvgIpc) is 3.99. The van der Waals surface area contributed by atoms with Gasteiger partial charge in [0.25, 0.3) is 0 Å². The molecule has 2 unspecified atom stereocenters. The SMILES string of the molecule is C1=CC(c2ccccc2)C(c2ccc(N(c3ccccc3)c3cccc(-c4ccccc4-c4ccc5c6ccccc6n(-c6ccc7c(c6)-c6ccccc6C7(c6ccccc6)c6ccccc6)c5c4)c3)cc2)C=C1. The van der Waals surface area contributed by atoms with Gasteiger partial charge in [-0.25, -0.2) is 0 Å². The zero-order chi connectivity index (χ0) is 49.7. The fraction of sp³-hybridized carbons (Fsp3) is 0.0411. The Morgan fingerprint density at radius 2 is 0.840 bits per heavy atom.